The van der Waals surface area contributed by atoms with E-state index in [1.165, 1.54) is 30.6 Å². The molecule has 0 atom stereocenters. The van der Waals surface area contributed by atoms with Crippen molar-refractivity contribution in [2.24, 2.45) is 5.92 Å². The zero-order chi connectivity index (χ0) is 13.5. The van der Waals surface area contributed by atoms with Gasteiger partial charge in [0.05, 0.1) is 24.2 Å². The molecule has 0 aromatic carbocycles. The molecule has 0 radical (unpaired) electrons. The van der Waals surface area contributed by atoms with Gasteiger partial charge < -0.3 is 9.84 Å². The molecule has 0 saturated heterocycles. The summed E-state index contributed by atoms with van der Waals surface area (Å²) in [5, 5.41) is 8.68. The molecular weight excluding hydrogens is 256 g/mol. The SMILES string of the molecule is CC1CCC(OCc2ccc(C#CCCO)s2)CC1. The van der Waals surface area contributed by atoms with Crippen LogP contribution in [-0.4, -0.2) is 17.8 Å². The van der Waals surface area contributed by atoms with Gasteiger partial charge in [0.25, 0.3) is 0 Å². The van der Waals surface area contributed by atoms with Crippen LogP contribution in [0.15, 0.2) is 12.1 Å². The molecule has 2 rings (SSSR count). The Morgan fingerprint density at radius 2 is 2.11 bits per heavy atom. The molecule has 104 valence electrons. The first kappa shape index (κ1) is 14.6. The lowest BCUT2D eigenvalue weighted by molar-refractivity contribution is 0.0100. The van der Waals surface area contributed by atoms with Crippen molar-refractivity contribution in [1.82, 2.24) is 0 Å². The molecule has 19 heavy (non-hydrogen) atoms. The highest BCUT2D eigenvalue weighted by Crippen LogP contribution is 2.27. The predicted octanol–water partition coefficient (Wildman–Crippen LogP) is 3.58. The van der Waals surface area contributed by atoms with Gasteiger partial charge in [0, 0.05) is 11.3 Å². The summed E-state index contributed by atoms with van der Waals surface area (Å²) >= 11 is 1.69. The maximum absolute atomic E-state index is 8.68. The predicted molar refractivity (Wildman–Crippen MR) is 79.1 cm³/mol. The molecule has 1 aliphatic rings. The average Bonchev–Trinajstić information content (AvgIpc) is 2.86. The highest BCUT2D eigenvalue weighted by molar-refractivity contribution is 7.12. The number of ether oxygens (including phenoxy) is 1. The minimum atomic E-state index is 0.133. The molecule has 0 bridgehead atoms. The molecule has 1 fully saturated rings. The molecule has 1 N–H and O–H groups in total. The lowest BCUT2D eigenvalue weighted by Gasteiger charge is -2.26. The molecule has 0 aliphatic heterocycles. The Balaban J connectivity index is 1.76. The summed E-state index contributed by atoms with van der Waals surface area (Å²) < 4.78 is 5.98. The van der Waals surface area contributed by atoms with Crippen LogP contribution in [0.25, 0.3) is 0 Å². The second kappa shape index (κ2) is 7.69. The Labute approximate surface area is 119 Å². The molecule has 0 unspecified atom stereocenters. The lowest BCUT2D eigenvalue weighted by Crippen LogP contribution is -2.19. The van der Waals surface area contributed by atoms with E-state index in [-0.39, 0.29) is 6.61 Å². The van der Waals surface area contributed by atoms with Crippen LogP contribution < -0.4 is 0 Å². The molecule has 1 saturated carbocycles. The smallest absolute Gasteiger partial charge is 0.0813 e. The Bertz CT molecular complexity index is 433. The summed E-state index contributed by atoms with van der Waals surface area (Å²) in [6.45, 7) is 3.17. The van der Waals surface area contributed by atoms with E-state index in [0.717, 1.165) is 10.8 Å². The Hall–Kier alpha value is -0.820. The third kappa shape index (κ3) is 4.99. The van der Waals surface area contributed by atoms with Crippen LogP contribution in [-0.2, 0) is 11.3 Å². The summed E-state index contributed by atoms with van der Waals surface area (Å²) in [5.74, 6) is 6.88. The van der Waals surface area contributed by atoms with Crippen LogP contribution >= 0.6 is 11.3 Å². The van der Waals surface area contributed by atoms with Crippen LogP contribution in [0.5, 0.6) is 0 Å². The van der Waals surface area contributed by atoms with Gasteiger partial charge >= 0.3 is 0 Å². The van der Waals surface area contributed by atoms with Crippen molar-refractivity contribution in [1.29, 1.82) is 0 Å². The first-order chi connectivity index (χ1) is 9.28. The molecular formula is C16H22O2S. The first-order valence-electron chi connectivity index (χ1n) is 7.08. The molecule has 1 aliphatic carbocycles. The molecule has 1 aromatic rings. The van der Waals surface area contributed by atoms with Crippen LogP contribution in [0.3, 0.4) is 0 Å². The maximum Gasteiger partial charge on any atom is 0.0813 e. The van der Waals surface area contributed by atoms with Gasteiger partial charge in [0.2, 0.25) is 0 Å². The first-order valence-corrected chi connectivity index (χ1v) is 7.89. The Morgan fingerprint density at radius 1 is 1.32 bits per heavy atom. The molecule has 0 amide bonds. The average molecular weight is 278 g/mol. The van der Waals surface area contributed by atoms with Crippen molar-refractivity contribution < 1.29 is 9.84 Å². The van der Waals surface area contributed by atoms with Gasteiger partial charge in [-0.15, -0.1) is 11.3 Å². The van der Waals surface area contributed by atoms with E-state index in [0.29, 0.717) is 19.1 Å². The van der Waals surface area contributed by atoms with Crippen molar-refractivity contribution in [3.05, 3.63) is 21.9 Å². The van der Waals surface area contributed by atoms with Crippen molar-refractivity contribution in [2.75, 3.05) is 6.61 Å². The van der Waals surface area contributed by atoms with Gasteiger partial charge in [-0.2, -0.15) is 0 Å². The van der Waals surface area contributed by atoms with Gasteiger partial charge in [0.15, 0.2) is 0 Å². The Kier molecular flexibility index (Phi) is 5.91. The van der Waals surface area contributed by atoms with Crippen molar-refractivity contribution in [3.8, 4) is 11.8 Å². The van der Waals surface area contributed by atoms with Crippen molar-refractivity contribution in [3.63, 3.8) is 0 Å². The van der Waals surface area contributed by atoms with Crippen LogP contribution in [0.2, 0.25) is 0 Å². The molecule has 2 nitrogen and oxygen atoms in total. The second-order valence-corrected chi connectivity index (χ2v) is 6.40. The fraction of sp³-hybridized carbons (Fsp3) is 0.625. The number of hydrogen-bond acceptors (Lipinski definition) is 3. The standard InChI is InChI=1S/C16H22O2S/c1-13-5-7-14(8-6-13)18-12-16-10-9-15(19-16)4-2-3-11-17/h9-10,13-14,17H,3,5-8,11-12H2,1H3. The van der Waals surface area contributed by atoms with Gasteiger partial charge in [-0.3, -0.25) is 0 Å². The Morgan fingerprint density at radius 3 is 2.84 bits per heavy atom. The minimum absolute atomic E-state index is 0.133. The number of aliphatic hydroxyl groups is 1. The molecule has 1 aromatic heterocycles. The van der Waals surface area contributed by atoms with Crippen molar-refractivity contribution in [2.45, 2.75) is 51.7 Å². The van der Waals surface area contributed by atoms with Gasteiger partial charge in [-0.05, 0) is 43.7 Å². The van der Waals surface area contributed by atoms with Crippen LogP contribution in [0.1, 0.15) is 48.8 Å². The fourth-order valence-corrected chi connectivity index (χ4v) is 3.13. The van der Waals surface area contributed by atoms with E-state index in [1.54, 1.807) is 11.3 Å². The van der Waals surface area contributed by atoms with Gasteiger partial charge in [-0.1, -0.05) is 18.8 Å². The van der Waals surface area contributed by atoms with Crippen molar-refractivity contribution >= 4 is 11.3 Å². The highest BCUT2D eigenvalue weighted by Gasteiger charge is 2.18. The monoisotopic (exact) mass is 278 g/mol. The number of rotatable bonds is 4. The fourth-order valence-electron chi connectivity index (χ4n) is 2.32. The van der Waals surface area contributed by atoms with Crippen LogP contribution in [0.4, 0.5) is 0 Å². The maximum atomic E-state index is 8.68. The summed E-state index contributed by atoms with van der Waals surface area (Å²) in [7, 11) is 0. The van der Waals surface area contributed by atoms with Gasteiger partial charge in [0.1, 0.15) is 0 Å². The second-order valence-electron chi connectivity index (χ2n) is 5.23. The zero-order valence-electron chi connectivity index (χ0n) is 11.5. The number of thiophene rings is 1. The summed E-state index contributed by atoms with van der Waals surface area (Å²) in [6, 6.07) is 4.13. The van der Waals surface area contributed by atoms with Gasteiger partial charge in [-0.25, -0.2) is 0 Å². The normalized spacial score (nSPS) is 22.8. The number of aliphatic hydroxyl groups excluding tert-OH is 1. The lowest BCUT2D eigenvalue weighted by atomic mass is 9.89. The van der Waals surface area contributed by atoms with E-state index in [4.69, 9.17) is 9.84 Å². The minimum Gasteiger partial charge on any atom is -0.395 e. The summed E-state index contributed by atoms with van der Waals surface area (Å²) in [6.07, 6.45) is 6.00. The summed E-state index contributed by atoms with van der Waals surface area (Å²) in [5.41, 5.74) is 0. The van der Waals surface area contributed by atoms with E-state index in [2.05, 4.69) is 24.8 Å². The largest absolute Gasteiger partial charge is 0.395 e. The van der Waals surface area contributed by atoms with E-state index < -0.39 is 0 Å². The van der Waals surface area contributed by atoms with E-state index in [1.807, 2.05) is 6.07 Å². The quantitative estimate of drug-likeness (QED) is 0.853. The van der Waals surface area contributed by atoms with Crippen LogP contribution in [0, 0.1) is 17.8 Å². The zero-order valence-corrected chi connectivity index (χ0v) is 12.3. The topological polar surface area (TPSA) is 29.5 Å². The molecule has 1 heterocycles. The molecule has 3 heteroatoms. The number of hydrogen-bond donors (Lipinski definition) is 1. The highest BCUT2D eigenvalue weighted by atomic mass is 32.1. The third-order valence-corrected chi connectivity index (χ3v) is 4.51. The molecule has 0 spiro atoms. The van der Waals surface area contributed by atoms with E-state index >= 15 is 0 Å². The summed E-state index contributed by atoms with van der Waals surface area (Å²) in [4.78, 5) is 2.30. The van der Waals surface area contributed by atoms with E-state index in [9.17, 15) is 0 Å². The third-order valence-electron chi connectivity index (χ3n) is 3.53.